The Bertz CT molecular complexity index is 538. The maximum Gasteiger partial charge on any atom is 0.312 e. The Labute approximate surface area is 111 Å². The minimum atomic E-state index is -0.501. The first-order valence-corrected chi connectivity index (χ1v) is 6.34. The van der Waals surface area contributed by atoms with Gasteiger partial charge in [-0.15, -0.1) is 0 Å². The van der Waals surface area contributed by atoms with Gasteiger partial charge in [-0.05, 0) is 24.7 Å². The number of aromatic nitrogens is 1. The fourth-order valence-electron chi connectivity index (χ4n) is 2.51. The lowest BCUT2D eigenvalue weighted by Gasteiger charge is -2.20. The smallest absolute Gasteiger partial charge is 0.312 e. The van der Waals surface area contributed by atoms with E-state index in [9.17, 15) is 10.1 Å². The van der Waals surface area contributed by atoms with E-state index < -0.39 is 4.92 Å². The van der Waals surface area contributed by atoms with Crippen LogP contribution in [0.5, 0.6) is 0 Å². The van der Waals surface area contributed by atoms with Gasteiger partial charge in [-0.1, -0.05) is 13.8 Å². The minimum Gasteiger partial charge on any atom is -0.361 e. The maximum absolute atomic E-state index is 11.0. The van der Waals surface area contributed by atoms with E-state index in [-0.39, 0.29) is 23.1 Å². The highest BCUT2D eigenvalue weighted by atomic mass is 16.6. The molecule has 0 spiro atoms. The van der Waals surface area contributed by atoms with Crippen molar-refractivity contribution < 1.29 is 4.92 Å². The first-order chi connectivity index (χ1) is 9.02. The van der Waals surface area contributed by atoms with E-state index in [1.165, 1.54) is 12.3 Å². The number of anilines is 1. The fraction of sp³-hybridized carbons (Fsp3) is 0.538. The lowest BCUT2D eigenvalue weighted by molar-refractivity contribution is -0.384. The molecule has 3 unspecified atom stereocenters. The second kappa shape index (κ2) is 5.22. The van der Waals surface area contributed by atoms with Crippen molar-refractivity contribution in [1.82, 2.24) is 4.98 Å². The van der Waals surface area contributed by atoms with Crippen molar-refractivity contribution >= 4 is 11.5 Å². The van der Waals surface area contributed by atoms with Crippen LogP contribution in [-0.2, 0) is 0 Å². The molecule has 0 radical (unpaired) electrons. The van der Waals surface area contributed by atoms with Gasteiger partial charge < -0.3 is 5.32 Å². The number of nitriles is 1. The Hall–Kier alpha value is -2.16. The largest absolute Gasteiger partial charge is 0.361 e. The predicted molar refractivity (Wildman–Crippen MR) is 70.6 cm³/mol. The average molecular weight is 260 g/mol. The molecule has 1 fully saturated rings. The SMILES string of the molecule is CC1CCC(Nc2ncc(C#N)cc2[N+](=O)[O-])C1C. The molecule has 19 heavy (non-hydrogen) atoms. The van der Waals surface area contributed by atoms with Crippen molar-refractivity contribution in [3.8, 4) is 6.07 Å². The van der Waals surface area contributed by atoms with Gasteiger partial charge in [0.1, 0.15) is 6.07 Å². The van der Waals surface area contributed by atoms with Crippen LogP contribution in [0.15, 0.2) is 12.3 Å². The first kappa shape index (κ1) is 13.3. The highest BCUT2D eigenvalue weighted by molar-refractivity contribution is 5.58. The molecule has 6 nitrogen and oxygen atoms in total. The molecule has 0 amide bonds. The molecule has 1 aliphatic carbocycles. The third-order valence-electron chi connectivity index (χ3n) is 3.98. The number of hydrogen-bond donors (Lipinski definition) is 1. The zero-order valence-corrected chi connectivity index (χ0v) is 11.0. The molecule has 0 aliphatic heterocycles. The van der Waals surface area contributed by atoms with Gasteiger partial charge in [0.2, 0.25) is 5.82 Å². The molecule has 0 bridgehead atoms. The monoisotopic (exact) mass is 260 g/mol. The van der Waals surface area contributed by atoms with E-state index in [4.69, 9.17) is 5.26 Å². The third-order valence-corrected chi connectivity index (χ3v) is 3.98. The quantitative estimate of drug-likeness (QED) is 0.666. The van der Waals surface area contributed by atoms with Crippen molar-refractivity contribution in [3.05, 3.63) is 27.9 Å². The normalized spacial score (nSPS) is 25.8. The Morgan fingerprint density at radius 1 is 1.53 bits per heavy atom. The summed E-state index contributed by atoms with van der Waals surface area (Å²) >= 11 is 0. The standard InChI is InChI=1S/C13H16N4O2/c1-8-3-4-11(9(8)2)16-13-12(17(18)19)5-10(6-14)7-15-13/h5,7-9,11H,3-4H2,1-2H3,(H,15,16). The summed E-state index contributed by atoms with van der Waals surface area (Å²) in [6, 6.07) is 3.33. The molecule has 6 heteroatoms. The number of hydrogen-bond acceptors (Lipinski definition) is 5. The topological polar surface area (TPSA) is 91.8 Å². The van der Waals surface area contributed by atoms with E-state index in [1.54, 1.807) is 0 Å². The van der Waals surface area contributed by atoms with Crippen LogP contribution in [0.3, 0.4) is 0 Å². The van der Waals surface area contributed by atoms with Crippen LogP contribution in [0.2, 0.25) is 0 Å². The summed E-state index contributed by atoms with van der Waals surface area (Å²) in [6.07, 6.45) is 3.46. The lowest BCUT2D eigenvalue weighted by Crippen LogP contribution is -2.25. The number of pyridine rings is 1. The molecule has 0 saturated heterocycles. The second-order valence-corrected chi connectivity index (χ2v) is 5.13. The van der Waals surface area contributed by atoms with Crippen LogP contribution < -0.4 is 5.32 Å². The average Bonchev–Trinajstić information content (AvgIpc) is 2.71. The number of rotatable bonds is 3. The first-order valence-electron chi connectivity index (χ1n) is 6.34. The van der Waals surface area contributed by atoms with Crippen LogP contribution in [-0.4, -0.2) is 15.9 Å². The minimum absolute atomic E-state index is 0.134. The van der Waals surface area contributed by atoms with Crippen molar-refractivity contribution in [2.24, 2.45) is 11.8 Å². The van der Waals surface area contributed by atoms with E-state index in [0.717, 1.165) is 12.8 Å². The zero-order valence-electron chi connectivity index (χ0n) is 11.0. The Kier molecular flexibility index (Phi) is 3.65. The van der Waals surface area contributed by atoms with Crippen molar-refractivity contribution in [2.45, 2.75) is 32.7 Å². The van der Waals surface area contributed by atoms with Crippen LogP contribution in [0, 0.1) is 33.3 Å². The van der Waals surface area contributed by atoms with Gasteiger partial charge in [-0.3, -0.25) is 10.1 Å². The fourth-order valence-corrected chi connectivity index (χ4v) is 2.51. The van der Waals surface area contributed by atoms with Crippen molar-refractivity contribution in [3.63, 3.8) is 0 Å². The maximum atomic E-state index is 11.0. The zero-order chi connectivity index (χ0) is 14.0. The van der Waals surface area contributed by atoms with Gasteiger partial charge in [0.25, 0.3) is 0 Å². The Morgan fingerprint density at radius 2 is 2.26 bits per heavy atom. The molecule has 1 aromatic heterocycles. The highest BCUT2D eigenvalue weighted by Gasteiger charge is 2.31. The summed E-state index contributed by atoms with van der Waals surface area (Å²) in [7, 11) is 0. The van der Waals surface area contributed by atoms with Gasteiger partial charge in [-0.2, -0.15) is 5.26 Å². The highest BCUT2D eigenvalue weighted by Crippen LogP contribution is 2.34. The molecular weight excluding hydrogens is 244 g/mol. The van der Waals surface area contributed by atoms with Crippen LogP contribution in [0.4, 0.5) is 11.5 Å². The number of nitrogens with zero attached hydrogens (tertiary/aromatic N) is 3. The Balaban J connectivity index is 2.25. The van der Waals surface area contributed by atoms with E-state index >= 15 is 0 Å². The van der Waals surface area contributed by atoms with E-state index in [2.05, 4.69) is 24.1 Å². The number of nitro groups is 1. The molecule has 1 aromatic rings. The molecule has 1 aliphatic rings. The van der Waals surface area contributed by atoms with Gasteiger partial charge >= 0.3 is 5.69 Å². The Morgan fingerprint density at radius 3 is 2.79 bits per heavy atom. The predicted octanol–water partition coefficient (Wildman–Crippen LogP) is 2.71. The molecule has 100 valence electrons. The molecule has 0 aromatic carbocycles. The van der Waals surface area contributed by atoms with Crippen molar-refractivity contribution in [2.75, 3.05) is 5.32 Å². The van der Waals surface area contributed by atoms with Crippen LogP contribution in [0.1, 0.15) is 32.3 Å². The molecule has 2 rings (SSSR count). The summed E-state index contributed by atoms with van der Waals surface area (Å²) in [5, 5.41) is 22.9. The summed E-state index contributed by atoms with van der Waals surface area (Å²) in [6.45, 7) is 4.33. The molecule has 3 atom stereocenters. The van der Waals surface area contributed by atoms with Crippen LogP contribution in [0.25, 0.3) is 0 Å². The van der Waals surface area contributed by atoms with Gasteiger partial charge in [0.05, 0.1) is 10.5 Å². The summed E-state index contributed by atoms with van der Waals surface area (Å²) in [4.78, 5) is 14.5. The van der Waals surface area contributed by atoms with E-state index in [0.29, 0.717) is 11.8 Å². The van der Waals surface area contributed by atoms with E-state index in [1.807, 2.05) is 6.07 Å². The van der Waals surface area contributed by atoms with Gasteiger partial charge in [-0.25, -0.2) is 4.98 Å². The summed E-state index contributed by atoms with van der Waals surface area (Å²) < 4.78 is 0. The molecule has 1 heterocycles. The number of nitrogens with one attached hydrogen (secondary N) is 1. The van der Waals surface area contributed by atoms with Crippen LogP contribution >= 0.6 is 0 Å². The summed E-state index contributed by atoms with van der Waals surface area (Å²) in [5.41, 5.74) is 0.0656. The summed E-state index contributed by atoms with van der Waals surface area (Å²) in [5.74, 6) is 1.32. The van der Waals surface area contributed by atoms with Gasteiger partial charge in [0, 0.05) is 18.3 Å². The molecular formula is C13H16N4O2. The second-order valence-electron chi connectivity index (χ2n) is 5.13. The molecule has 1 N–H and O–H groups in total. The van der Waals surface area contributed by atoms with Gasteiger partial charge in [0.15, 0.2) is 0 Å². The lowest BCUT2D eigenvalue weighted by atomic mass is 9.98. The van der Waals surface area contributed by atoms with Crippen molar-refractivity contribution in [1.29, 1.82) is 5.26 Å². The third kappa shape index (κ3) is 2.65. The molecule has 1 saturated carbocycles.